The number of aliphatic hydroxyl groups is 1. The molecule has 21 heavy (non-hydrogen) atoms. The molecule has 0 saturated carbocycles. The first-order chi connectivity index (χ1) is 10.1. The number of aliphatic hydroxyl groups excluding tert-OH is 1. The van der Waals surface area contributed by atoms with Crippen LogP contribution in [0.4, 0.5) is 0 Å². The van der Waals surface area contributed by atoms with Crippen molar-refractivity contribution in [2.75, 3.05) is 6.54 Å². The number of rotatable bonds is 3. The van der Waals surface area contributed by atoms with Gasteiger partial charge in [-0.1, -0.05) is 42.5 Å². The van der Waals surface area contributed by atoms with E-state index < -0.39 is 6.10 Å². The van der Waals surface area contributed by atoms with Gasteiger partial charge in [0.15, 0.2) is 0 Å². The van der Waals surface area contributed by atoms with E-state index in [-0.39, 0.29) is 5.41 Å². The van der Waals surface area contributed by atoms with Gasteiger partial charge in [0.05, 0.1) is 6.10 Å². The Labute approximate surface area is 126 Å². The quantitative estimate of drug-likeness (QED) is 0.907. The Hall–Kier alpha value is -1.64. The second kappa shape index (κ2) is 5.28. The van der Waals surface area contributed by atoms with Crippen LogP contribution in [0.25, 0.3) is 0 Å². The number of aryl methyl sites for hydroxylation is 2. The molecular weight excluding hydrogens is 258 g/mol. The Bertz CT molecular complexity index is 664. The molecular formula is C19H23NO. The first-order valence-corrected chi connectivity index (χ1v) is 7.63. The monoisotopic (exact) mass is 281 g/mol. The van der Waals surface area contributed by atoms with E-state index in [9.17, 15) is 5.11 Å². The molecule has 2 atom stereocenters. The Balaban J connectivity index is 2.11. The molecule has 1 aliphatic rings. The Morgan fingerprint density at radius 3 is 2.67 bits per heavy atom. The van der Waals surface area contributed by atoms with Crippen molar-refractivity contribution in [1.29, 1.82) is 0 Å². The van der Waals surface area contributed by atoms with Crippen LogP contribution in [0.1, 0.15) is 40.3 Å². The van der Waals surface area contributed by atoms with Gasteiger partial charge in [-0.25, -0.2) is 0 Å². The molecule has 0 heterocycles. The first kappa shape index (κ1) is 14.3. The maximum atomic E-state index is 11.1. The molecule has 0 amide bonds. The highest BCUT2D eigenvalue weighted by Gasteiger charge is 2.44. The molecule has 0 spiro atoms. The topological polar surface area (TPSA) is 46.2 Å². The second-order valence-corrected chi connectivity index (χ2v) is 6.21. The zero-order chi connectivity index (χ0) is 15.0. The third-order valence-corrected chi connectivity index (χ3v) is 5.22. The molecule has 2 aromatic carbocycles. The molecule has 0 saturated heterocycles. The SMILES string of the molecule is Cc1cccc(C(O)C2(CN)CCc3ccccc32)c1C. The highest BCUT2D eigenvalue weighted by Crippen LogP contribution is 2.47. The van der Waals surface area contributed by atoms with E-state index in [1.807, 2.05) is 18.2 Å². The Kier molecular flexibility index (Phi) is 3.60. The standard InChI is InChI=1S/C19H23NO/c1-13-6-5-8-16(14(13)2)18(21)19(12-20)11-10-15-7-3-4-9-17(15)19/h3-9,18,21H,10-12,20H2,1-2H3. The van der Waals surface area contributed by atoms with Gasteiger partial charge in [0, 0.05) is 12.0 Å². The molecule has 2 unspecified atom stereocenters. The molecule has 3 rings (SSSR count). The molecule has 0 aromatic heterocycles. The van der Waals surface area contributed by atoms with Crippen LogP contribution >= 0.6 is 0 Å². The lowest BCUT2D eigenvalue weighted by Gasteiger charge is -2.35. The van der Waals surface area contributed by atoms with Crippen molar-refractivity contribution in [3.05, 3.63) is 70.3 Å². The van der Waals surface area contributed by atoms with E-state index in [1.165, 1.54) is 22.3 Å². The van der Waals surface area contributed by atoms with Gasteiger partial charge in [0.25, 0.3) is 0 Å². The summed E-state index contributed by atoms with van der Waals surface area (Å²) in [5, 5.41) is 11.1. The van der Waals surface area contributed by atoms with Crippen LogP contribution in [0, 0.1) is 13.8 Å². The third-order valence-electron chi connectivity index (χ3n) is 5.22. The maximum Gasteiger partial charge on any atom is 0.0901 e. The molecule has 0 bridgehead atoms. The lowest BCUT2D eigenvalue weighted by molar-refractivity contribution is 0.0834. The van der Waals surface area contributed by atoms with Crippen molar-refractivity contribution >= 4 is 0 Å². The zero-order valence-corrected chi connectivity index (χ0v) is 12.8. The number of fused-ring (bicyclic) bond motifs is 1. The predicted octanol–water partition coefficient (Wildman–Crippen LogP) is 3.18. The average Bonchev–Trinajstić information content (AvgIpc) is 2.89. The average molecular weight is 281 g/mol. The van der Waals surface area contributed by atoms with Gasteiger partial charge in [-0.2, -0.15) is 0 Å². The minimum absolute atomic E-state index is 0.352. The van der Waals surface area contributed by atoms with Crippen molar-refractivity contribution in [2.24, 2.45) is 5.73 Å². The normalized spacial score (nSPS) is 22.1. The van der Waals surface area contributed by atoms with Crippen LogP contribution in [-0.2, 0) is 11.8 Å². The highest BCUT2D eigenvalue weighted by atomic mass is 16.3. The van der Waals surface area contributed by atoms with Crippen LogP contribution in [-0.4, -0.2) is 11.7 Å². The fourth-order valence-electron chi connectivity index (χ4n) is 3.69. The van der Waals surface area contributed by atoms with Crippen molar-refractivity contribution in [3.63, 3.8) is 0 Å². The minimum Gasteiger partial charge on any atom is -0.387 e. The van der Waals surface area contributed by atoms with Gasteiger partial charge >= 0.3 is 0 Å². The van der Waals surface area contributed by atoms with E-state index in [0.29, 0.717) is 6.54 Å². The van der Waals surface area contributed by atoms with E-state index in [0.717, 1.165) is 18.4 Å². The number of benzene rings is 2. The molecule has 1 aliphatic carbocycles. The molecule has 0 aliphatic heterocycles. The van der Waals surface area contributed by atoms with Gasteiger partial charge < -0.3 is 10.8 Å². The lowest BCUT2D eigenvalue weighted by Crippen LogP contribution is -2.39. The second-order valence-electron chi connectivity index (χ2n) is 6.21. The first-order valence-electron chi connectivity index (χ1n) is 7.63. The summed E-state index contributed by atoms with van der Waals surface area (Å²) in [4.78, 5) is 0. The van der Waals surface area contributed by atoms with Crippen molar-refractivity contribution in [3.8, 4) is 0 Å². The Morgan fingerprint density at radius 2 is 1.90 bits per heavy atom. The van der Waals surface area contributed by atoms with Gasteiger partial charge in [-0.05, 0) is 54.5 Å². The summed E-state index contributed by atoms with van der Waals surface area (Å²) in [6.07, 6.45) is 1.36. The third kappa shape index (κ3) is 2.10. The van der Waals surface area contributed by atoms with Crippen molar-refractivity contribution in [1.82, 2.24) is 0 Å². The van der Waals surface area contributed by atoms with E-state index in [4.69, 9.17) is 5.73 Å². The Morgan fingerprint density at radius 1 is 1.14 bits per heavy atom. The van der Waals surface area contributed by atoms with Gasteiger partial charge in [0.1, 0.15) is 0 Å². The van der Waals surface area contributed by atoms with Gasteiger partial charge in [0.2, 0.25) is 0 Å². The molecule has 2 aromatic rings. The molecule has 110 valence electrons. The molecule has 0 fully saturated rings. The smallest absolute Gasteiger partial charge is 0.0901 e. The summed E-state index contributed by atoms with van der Waals surface area (Å²) in [7, 11) is 0. The minimum atomic E-state index is -0.550. The molecule has 3 N–H and O–H groups in total. The van der Waals surface area contributed by atoms with Crippen LogP contribution in [0.2, 0.25) is 0 Å². The van der Waals surface area contributed by atoms with Crippen molar-refractivity contribution in [2.45, 2.75) is 38.2 Å². The fraction of sp³-hybridized carbons (Fsp3) is 0.368. The summed E-state index contributed by atoms with van der Waals surface area (Å²) >= 11 is 0. The largest absolute Gasteiger partial charge is 0.387 e. The van der Waals surface area contributed by atoms with Crippen LogP contribution < -0.4 is 5.73 Å². The van der Waals surface area contributed by atoms with Crippen LogP contribution in [0.5, 0.6) is 0 Å². The zero-order valence-electron chi connectivity index (χ0n) is 12.8. The maximum absolute atomic E-state index is 11.1. The summed E-state index contributed by atoms with van der Waals surface area (Å²) in [6.45, 7) is 4.64. The van der Waals surface area contributed by atoms with Gasteiger partial charge in [-0.15, -0.1) is 0 Å². The molecule has 2 nitrogen and oxygen atoms in total. The predicted molar refractivity (Wildman–Crippen MR) is 86.4 cm³/mol. The van der Waals surface area contributed by atoms with Gasteiger partial charge in [-0.3, -0.25) is 0 Å². The van der Waals surface area contributed by atoms with Crippen molar-refractivity contribution < 1.29 is 5.11 Å². The summed E-state index contributed by atoms with van der Waals surface area (Å²) in [6, 6.07) is 14.5. The number of nitrogens with two attached hydrogens (primary N) is 1. The number of hydrogen-bond acceptors (Lipinski definition) is 2. The molecule has 2 heteroatoms. The number of hydrogen-bond donors (Lipinski definition) is 2. The highest BCUT2D eigenvalue weighted by molar-refractivity contribution is 5.45. The van der Waals surface area contributed by atoms with E-state index in [1.54, 1.807) is 0 Å². The summed E-state index contributed by atoms with van der Waals surface area (Å²) in [5.74, 6) is 0. The lowest BCUT2D eigenvalue weighted by atomic mass is 9.73. The molecule has 0 radical (unpaired) electrons. The van der Waals surface area contributed by atoms with Crippen LogP contribution in [0.3, 0.4) is 0 Å². The summed E-state index contributed by atoms with van der Waals surface area (Å²) < 4.78 is 0. The summed E-state index contributed by atoms with van der Waals surface area (Å²) in [5.41, 5.74) is 11.7. The fourth-order valence-corrected chi connectivity index (χ4v) is 3.69. The van der Waals surface area contributed by atoms with E-state index in [2.05, 4.69) is 38.1 Å². The van der Waals surface area contributed by atoms with E-state index >= 15 is 0 Å². The van der Waals surface area contributed by atoms with Crippen LogP contribution in [0.15, 0.2) is 42.5 Å².